The lowest BCUT2D eigenvalue weighted by Crippen LogP contribution is -2.44. The number of piperidine rings is 1. The van der Waals surface area contributed by atoms with E-state index in [2.05, 4.69) is 4.98 Å². The Morgan fingerprint density at radius 3 is 2.96 bits per heavy atom. The molecule has 4 rings (SSSR count). The molecular formula is C19H21N3O5S. The number of sulfonamides is 1. The van der Waals surface area contributed by atoms with E-state index in [9.17, 15) is 13.2 Å². The van der Waals surface area contributed by atoms with E-state index in [1.54, 1.807) is 24.3 Å². The summed E-state index contributed by atoms with van der Waals surface area (Å²) in [6, 6.07) is 8.10. The van der Waals surface area contributed by atoms with E-state index in [0.717, 1.165) is 17.7 Å². The van der Waals surface area contributed by atoms with Crippen LogP contribution in [0.25, 0.3) is 0 Å². The second-order valence-electron chi connectivity index (χ2n) is 6.85. The third-order valence-electron chi connectivity index (χ3n) is 4.93. The van der Waals surface area contributed by atoms with E-state index in [-0.39, 0.29) is 23.2 Å². The SMILES string of the molecule is NC(=O)c1cc(OC2CCCN(S(=O)(=O)c3ccc4c(c3)CCO4)C2)ccn1. The minimum Gasteiger partial charge on any atom is -0.493 e. The van der Waals surface area contributed by atoms with Crippen LogP contribution in [0, 0.1) is 0 Å². The normalized spacial score (nSPS) is 19.6. The molecule has 1 aromatic heterocycles. The number of carbonyl (C=O) groups excluding carboxylic acids is 1. The molecule has 0 spiro atoms. The summed E-state index contributed by atoms with van der Waals surface area (Å²) in [5.74, 6) is 0.559. The Hall–Kier alpha value is -2.65. The van der Waals surface area contributed by atoms with Gasteiger partial charge in [0, 0.05) is 25.2 Å². The Morgan fingerprint density at radius 1 is 1.29 bits per heavy atom. The highest BCUT2D eigenvalue weighted by Crippen LogP contribution is 2.30. The van der Waals surface area contributed by atoms with Gasteiger partial charge in [0.1, 0.15) is 23.3 Å². The molecule has 8 nitrogen and oxygen atoms in total. The van der Waals surface area contributed by atoms with E-state index in [1.807, 2.05) is 0 Å². The Balaban J connectivity index is 1.50. The number of benzene rings is 1. The maximum absolute atomic E-state index is 13.1. The lowest BCUT2D eigenvalue weighted by Gasteiger charge is -2.32. The minimum absolute atomic E-state index is 0.109. The molecule has 2 N–H and O–H groups in total. The Bertz CT molecular complexity index is 1010. The predicted octanol–water partition coefficient (Wildman–Crippen LogP) is 1.35. The molecule has 1 unspecified atom stereocenters. The van der Waals surface area contributed by atoms with Crippen LogP contribution >= 0.6 is 0 Å². The summed E-state index contributed by atoms with van der Waals surface area (Å²) in [4.78, 5) is 15.4. The fourth-order valence-corrected chi connectivity index (χ4v) is 5.06. The van der Waals surface area contributed by atoms with Crippen molar-refractivity contribution in [3.05, 3.63) is 47.8 Å². The van der Waals surface area contributed by atoms with Crippen molar-refractivity contribution < 1.29 is 22.7 Å². The summed E-state index contributed by atoms with van der Waals surface area (Å²) >= 11 is 0. The third-order valence-corrected chi connectivity index (χ3v) is 6.79. The van der Waals surface area contributed by atoms with Gasteiger partial charge in [-0.3, -0.25) is 9.78 Å². The number of nitrogens with two attached hydrogens (primary N) is 1. The van der Waals surface area contributed by atoms with Crippen molar-refractivity contribution in [2.75, 3.05) is 19.7 Å². The number of fused-ring (bicyclic) bond motifs is 1. The molecule has 0 bridgehead atoms. The van der Waals surface area contributed by atoms with E-state index >= 15 is 0 Å². The number of aromatic nitrogens is 1. The molecule has 1 fully saturated rings. The summed E-state index contributed by atoms with van der Waals surface area (Å²) in [5.41, 5.74) is 6.27. The Kier molecular flexibility index (Phi) is 4.94. The molecule has 9 heteroatoms. The minimum atomic E-state index is -3.62. The average Bonchev–Trinajstić information content (AvgIpc) is 3.16. The average molecular weight is 403 g/mol. The molecule has 1 amide bonds. The molecule has 2 aromatic rings. The molecule has 1 saturated heterocycles. The number of hydrogen-bond donors (Lipinski definition) is 1. The topological polar surface area (TPSA) is 112 Å². The molecule has 1 atom stereocenters. The lowest BCUT2D eigenvalue weighted by molar-refractivity contribution is 0.0993. The van der Waals surface area contributed by atoms with Gasteiger partial charge in [0.25, 0.3) is 5.91 Å². The number of nitrogens with zero attached hydrogens (tertiary/aromatic N) is 2. The molecule has 0 saturated carbocycles. The highest BCUT2D eigenvalue weighted by atomic mass is 32.2. The van der Waals surface area contributed by atoms with Crippen molar-refractivity contribution in [2.45, 2.75) is 30.3 Å². The van der Waals surface area contributed by atoms with E-state index < -0.39 is 15.9 Å². The van der Waals surface area contributed by atoms with Gasteiger partial charge >= 0.3 is 0 Å². The van der Waals surface area contributed by atoms with Crippen LogP contribution in [-0.4, -0.2) is 49.4 Å². The van der Waals surface area contributed by atoms with Gasteiger partial charge in [-0.15, -0.1) is 0 Å². The van der Waals surface area contributed by atoms with Gasteiger partial charge in [0.05, 0.1) is 18.0 Å². The summed E-state index contributed by atoms with van der Waals surface area (Å²) in [6.45, 7) is 1.26. The van der Waals surface area contributed by atoms with Crippen molar-refractivity contribution in [1.82, 2.24) is 9.29 Å². The lowest BCUT2D eigenvalue weighted by atomic mass is 10.1. The van der Waals surface area contributed by atoms with Crippen LogP contribution in [0.3, 0.4) is 0 Å². The largest absolute Gasteiger partial charge is 0.493 e. The van der Waals surface area contributed by atoms with E-state index in [4.69, 9.17) is 15.2 Å². The smallest absolute Gasteiger partial charge is 0.267 e. The molecule has 1 aromatic carbocycles. The van der Waals surface area contributed by atoms with Crippen molar-refractivity contribution in [2.24, 2.45) is 5.73 Å². The second kappa shape index (κ2) is 7.40. The number of amides is 1. The fraction of sp³-hybridized carbons (Fsp3) is 0.368. The first-order valence-corrected chi connectivity index (χ1v) is 10.6. The van der Waals surface area contributed by atoms with Crippen LogP contribution in [0.4, 0.5) is 0 Å². The summed E-state index contributed by atoms with van der Waals surface area (Å²) in [5, 5.41) is 0. The van der Waals surface area contributed by atoms with Crippen LogP contribution in [-0.2, 0) is 16.4 Å². The predicted molar refractivity (Wildman–Crippen MR) is 101 cm³/mol. The van der Waals surface area contributed by atoms with Gasteiger partial charge < -0.3 is 15.2 Å². The third kappa shape index (κ3) is 3.67. The van der Waals surface area contributed by atoms with Crippen LogP contribution in [0.2, 0.25) is 0 Å². The van der Waals surface area contributed by atoms with Crippen LogP contribution in [0.5, 0.6) is 11.5 Å². The molecule has 2 aliphatic heterocycles. The van der Waals surface area contributed by atoms with Crippen LogP contribution < -0.4 is 15.2 Å². The number of primary amides is 1. The number of rotatable bonds is 5. The highest BCUT2D eigenvalue weighted by Gasteiger charge is 2.32. The molecule has 2 aliphatic rings. The molecule has 148 valence electrons. The van der Waals surface area contributed by atoms with Gasteiger partial charge in [-0.2, -0.15) is 4.31 Å². The van der Waals surface area contributed by atoms with Crippen LogP contribution in [0.1, 0.15) is 28.9 Å². The first-order chi connectivity index (χ1) is 13.4. The van der Waals surface area contributed by atoms with Crippen molar-refractivity contribution in [3.8, 4) is 11.5 Å². The van der Waals surface area contributed by atoms with Gasteiger partial charge in [0.2, 0.25) is 10.0 Å². The van der Waals surface area contributed by atoms with Gasteiger partial charge in [0.15, 0.2) is 0 Å². The maximum Gasteiger partial charge on any atom is 0.267 e. The van der Waals surface area contributed by atoms with Crippen molar-refractivity contribution in [1.29, 1.82) is 0 Å². The number of ether oxygens (including phenoxy) is 2. The maximum atomic E-state index is 13.1. The van der Waals surface area contributed by atoms with Crippen molar-refractivity contribution in [3.63, 3.8) is 0 Å². The Labute approximate surface area is 163 Å². The molecule has 0 radical (unpaired) electrons. The zero-order chi connectivity index (χ0) is 19.7. The van der Waals surface area contributed by atoms with E-state index in [1.165, 1.54) is 16.6 Å². The fourth-order valence-electron chi connectivity index (χ4n) is 3.50. The zero-order valence-corrected chi connectivity index (χ0v) is 16.0. The number of hydrogen-bond acceptors (Lipinski definition) is 6. The molecule has 3 heterocycles. The first-order valence-electron chi connectivity index (χ1n) is 9.12. The summed E-state index contributed by atoms with van der Waals surface area (Å²) in [7, 11) is -3.62. The highest BCUT2D eigenvalue weighted by molar-refractivity contribution is 7.89. The number of carbonyl (C=O) groups is 1. The second-order valence-corrected chi connectivity index (χ2v) is 8.79. The van der Waals surface area contributed by atoms with Gasteiger partial charge in [-0.25, -0.2) is 8.42 Å². The summed E-state index contributed by atoms with van der Waals surface area (Å²) in [6.07, 6.45) is 3.25. The molecule has 0 aliphatic carbocycles. The molecular weight excluding hydrogens is 382 g/mol. The first kappa shape index (κ1) is 18.7. The van der Waals surface area contributed by atoms with Crippen LogP contribution in [0.15, 0.2) is 41.4 Å². The zero-order valence-electron chi connectivity index (χ0n) is 15.2. The van der Waals surface area contributed by atoms with Gasteiger partial charge in [-0.05, 0) is 42.7 Å². The number of pyridine rings is 1. The van der Waals surface area contributed by atoms with Crippen molar-refractivity contribution >= 4 is 15.9 Å². The Morgan fingerprint density at radius 2 is 2.14 bits per heavy atom. The van der Waals surface area contributed by atoms with Gasteiger partial charge in [-0.1, -0.05) is 0 Å². The monoisotopic (exact) mass is 403 g/mol. The summed E-state index contributed by atoms with van der Waals surface area (Å²) < 4.78 is 39.0. The quantitative estimate of drug-likeness (QED) is 0.806. The van der Waals surface area contributed by atoms with E-state index in [0.29, 0.717) is 31.7 Å². The molecule has 28 heavy (non-hydrogen) atoms. The standard InChI is InChI=1S/C19H21N3O5S/c20-19(23)17-11-14(5-7-21-17)27-15-2-1-8-22(12-15)28(24,25)16-3-4-18-13(10-16)6-9-26-18/h3-5,7,10-11,15H,1-2,6,8-9,12H2,(H2,20,23).